The summed E-state index contributed by atoms with van der Waals surface area (Å²) in [5.74, 6) is -0.846. The van der Waals surface area contributed by atoms with E-state index in [2.05, 4.69) is 4.99 Å². The van der Waals surface area contributed by atoms with Crippen molar-refractivity contribution in [1.82, 2.24) is 4.57 Å². The van der Waals surface area contributed by atoms with Gasteiger partial charge in [0, 0.05) is 15.6 Å². The number of thiazole rings is 1. The number of hydrogen-bond acceptors (Lipinski definition) is 4. The van der Waals surface area contributed by atoms with Gasteiger partial charge in [0.1, 0.15) is 6.54 Å². The predicted molar refractivity (Wildman–Crippen MR) is 103 cm³/mol. The van der Waals surface area contributed by atoms with Gasteiger partial charge in [-0.2, -0.15) is 4.99 Å². The molecule has 3 rings (SSSR count). The lowest BCUT2D eigenvalue weighted by Crippen LogP contribution is -2.23. The van der Waals surface area contributed by atoms with Crippen LogP contribution in [-0.4, -0.2) is 23.1 Å². The molecular formula is C18H14Cl2N2O3S. The van der Waals surface area contributed by atoms with Gasteiger partial charge in [0.05, 0.1) is 16.8 Å². The van der Waals surface area contributed by atoms with Crippen molar-refractivity contribution in [3.05, 3.63) is 62.9 Å². The number of carbonyl (C=O) groups is 2. The average molecular weight is 409 g/mol. The lowest BCUT2D eigenvalue weighted by molar-refractivity contribution is -0.143. The highest BCUT2D eigenvalue weighted by Gasteiger charge is 2.13. The van der Waals surface area contributed by atoms with Crippen LogP contribution in [0.25, 0.3) is 10.2 Å². The summed E-state index contributed by atoms with van der Waals surface area (Å²) >= 11 is 13.3. The number of aromatic nitrogens is 1. The molecule has 0 atom stereocenters. The summed E-state index contributed by atoms with van der Waals surface area (Å²) in [4.78, 5) is 29.0. The fraction of sp³-hybridized carbons (Fsp3) is 0.167. The molecule has 8 heteroatoms. The van der Waals surface area contributed by atoms with Gasteiger partial charge < -0.3 is 9.30 Å². The molecule has 2 aromatic carbocycles. The van der Waals surface area contributed by atoms with Crippen LogP contribution in [0, 0.1) is 0 Å². The quantitative estimate of drug-likeness (QED) is 0.604. The molecular weight excluding hydrogens is 395 g/mol. The topological polar surface area (TPSA) is 60.7 Å². The first-order chi connectivity index (χ1) is 12.5. The lowest BCUT2D eigenvalue weighted by atomic mass is 10.2. The van der Waals surface area contributed by atoms with Crippen LogP contribution in [0.2, 0.25) is 10.0 Å². The normalized spacial score (nSPS) is 11.7. The lowest BCUT2D eigenvalue weighted by Gasteiger charge is -2.05. The van der Waals surface area contributed by atoms with E-state index in [1.165, 1.54) is 11.3 Å². The second-order valence-corrected chi connectivity index (χ2v) is 7.20. The maximum absolute atomic E-state index is 12.5. The van der Waals surface area contributed by atoms with Crippen molar-refractivity contribution < 1.29 is 14.3 Å². The zero-order valence-electron chi connectivity index (χ0n) is 13.7. The van der Waals surface area contributed by atoms with E-state index in [9.17, 15) is 9.59 Å². The Balaban J connectivity index is 2.11. The maximum Gasteiger partial charge on any atom is 0.326 e. The van der Waals surface area contributed by atoms with Crippen LogP contribution in [0.5, 0.6) is 0 Å². The zero-order valence-corrected chi connectivity index (χ0v) is 16.1. The van der Waals surface area contributed by atoms with Crippen molar-refractivity contribution in [3.63, 3.8) is 0 Å². The summed E-state index contributed by atoms with van der Waals surface area (Å²) in [6, 6.07) is 11.8. The Bertz CT molecular complexity index is 1060. The molecule has 3 aromatic rings. The Labute approximate surface area is 163 Å². The van der Waals surface area contributed by atoms with Crippen LogP contribution in [0.1, 0.15) is 17.3 Å². The molecule has 134 valence electrons. The number of nitrogens with zero attached hydrogens (tertiary/aromatic N) is 2. The average Bonchev–Trinajstić information content (AvgIpc) is 2.91. The van der Waals surface area contributed by atoms with E-state index < -0.39 is 11.9 Å². The summed E-state index contributed by atoms with van der Waals surface area (Å²) in [7, 11) is 0. The standard InChI is InChI=1S/C18H14Cl2N2O3S/c1-2-25-16(23)10-22-14-7-6-13(20)9-15(14)26-18(22)21-17(24)11-4-3-5-12(19)8-11/h3-9H,2,10H2,1H3. The molecule has 0 aliphatic rings. The smallest absolute Gasteiger partial charge is 0.326 e. The number of amides is 1. The predicted octanol–water partition coefficient (Wildman–Crippen LogP) is 4.31. The summed E-state index contributed by atoms with van der Waals surface area (Å²) in [5, 5.41) is 1.02. The fourth-order valence-corrected chi connectivity index (χ4v) is 3.89. The van der Waals surface area contributed by atoms with Crippen LogP contribution >= 0.6 is 34.5 Å². The van der Waals surface area contributed by atoms with Gasteiger partial charge >= 0.3 is 5.97 Å². The van der Waals surface area contributed by atoms with Crippen LogP contribution in [0.3, 0.4) is 0 Å². The first kappa shape index (κ1) is 18.6. The van der Waals surface area contributed by atoms with Gasteiger partial charge in [-0.05, 0) is 43.3 Å². The molecule has 0 unspecified atom stereocenters. The minimum absolute atomic E-state index is 0.0445. The van der Waals surface area contributed by atoms with Gasteiger partial charge in [-0.3, -0.25) is 9.59 Å². The molecule has 26 heavy (non-hydrogen) atoms. The molecule has 1 aromatic heterocycles. The largest absolute Gasteiger partial charge is 0.465 e. The molecule has 1 heterocycles. The van der Waals surface area contributed by atoms with E-state index in [-0.39, 0.29) is 13.2 Å². The highest BCUT2D eigenvalue weighted by Crippen LogP contribution is 2.22. The first-order valence-corrected chi connectivity index (χ1v) is 9.34. The molecule has 0 saturated carbocycles. The third-order valence-corrected chi connectivity index (χ3v) is 5.02. The SMILES string of the molecule is CCOC(=O)Cn1c(=NC(=O)c2cccc(Cl)c2)sc2cc(Cl)ccc21. The summed E-state index contributed by atoms with van der Waals surface area (Å²) in [5.41, 5.74) is 1.13. The Morgan fingerprint density at radius 3 is 2.65 bits per heavy atom. The molecule has 0 aliphatic carbocycles. The highest BCUT2D eigenvalue weighted by molar-refractivity contribution is 7.16. The third kappa shape index (κ3) is 4.15. The van der Waals surface area contributed by atoms with E-state index in [1.54, 1.807) is 54.0 Å². The van der Waals surface area contributed by atoms with Crippen molar-refractivity contribution in [2.45, 2.75) is 13.5 Å². The van der Waals surface area contributed by atoms with Crippen molar-refractivity contribution in [2.75, 3.05) is 6.61 Å². The van der Waals surface area contributed by atoms with E-state index in [4.69, 9.17) is 27.9 Å². The van der Waals surface area contributed by atoms with Gasteiger partial charge in [0.15, 0.2) is 4.80 Å². The minimum Gasteiger partial charge on any atom is -0.465 e. The number of benzene rings is 2. The summed E-state index contributed by atoms with van der Waals surface area (Å²) in [6.07, 6.45) is 0. The van der Waals surface area contributed by atoms with Gasteiger partial charge in [-0.15, -0.1) is 0 Å². The Morgan fingerprint density at radius 1 is 1.15 bits per heavy atom. The summed E-state index contributed by atoms with van der Waals surface area (Å²) in [6.45, 7) is 1.97. The number of halogens is 2. The summed E-state index contributed by atoms with van der Waals surface area (Å²) < 4.78 is 7.49. The first-order valence-electron chi connectivity index (χ1n) is 7.77. The Morgan fingerprint density at radius 2 is 1.92 bits per heavy atom. The monoisotopic (exact) mass is 408 g/mol. The van der Waals surface area contributed by atoms with Crippen LogP contribution in [0.15, 0.2) is 47.5 Å². The van der Waals surface area contributed by atoms with Gasteiger partial charge in [0.25, 0.3) is 5.91 Å². The van der Waals surface area contributed by atoms with Crippen molar-refractivity contribution in [2.24, 2.45) is 4.99 Å². The number of carbonyl (C=O) groups excluding carboxylic acids is 2. The third-order valence-electron chi connectivity index (χ3n) is 3.51. The van der Waals surface area contributed by atoms with Crippen LogP contribution in [0.4, 0.5) is 0 Å². The molecule has 1 amide bonds. The van der Waals surface area contributed by atoms with Gasteiger partial charge in [-0.1, -0.05) is 40.6 Å². The van der Waals surface area contributed by atoms with E-state index >= 15 is 0 Å². The second-order valence-electron chi connectivity index (χ2n) is 5.32. The number of fused-ring (bicyclic) bond motifs is 1. The van der Waals surface area contributed by atoms with Crippen molar-refractivity contribution in [3.8, 4) is 0 Å². The molecule has 0 saturated heterocycles. The number of rotatable bonds is 4. The minimum atomic E-state index is -0.442. The number of ether oxygens (including phenoxy) is 1. The second kappa shape index (κ2) is 8.03. The molecule has 0 fully saturated rings. The molecule has 5 nitrogen and oxygen atoms in total. The van der Waals surface area contributed by atoms with Crippen molar-refractivity contribution >= 4 is 56.6 Å². The van der Waals surface area contributed by atoms with Gasteiger partial charge in [-0.25, -0.2) is 0 Å². The number of esters is 1. The van der Waals surface area contributed by atoms with E-state index in [1.807, 2.05) is 0 Å². The van der Waals surface area contributed by atoms with Crippen LogP contribution < -0.4 is 4.80 Å². The maximum atomic E-state index is 12.5. The zero-order chi connectivity index (χ0) is 18.7. The fourth-order valence-electron chi connectivity index (χ4n) is 2.39. The van der Waals surface area contributed by atoms with Crippen molar-refractivity contribution in [1.29, 1.82) is 0 Å². The molecule has 0 N–H and O–H groups in total. The molecule has 0 radical (unpaired) electrons. The van der Waals surface area contributed by atoms with Gasteiger partial charge in [0.2, 0.25) is 0 Å². The highest BCUT2D eigenvalue weighted by atomic mass is 35.5. The Hall–Kier alpha value is -2.15. The van der Waals surface area contributed by atoms with E-state index in [0.29, 0.717) is 20.4 Å². The van der Waals surface area contributed by atoms with Crippen LogP contribution in [-0.2, 0) is 16.1 Å². The molecule has 0 spiro atoms. The molecule has 0 aliphatic heterocycles. The number of hydrogen-bond donors (Lipinski definition) is 0. The molecule has 0 bridgehead atoms. The Kier molecular flexibility index (Phi) is 5.76. The van der Waals surface area contributed by atoms with E-state index in [0.717, 1.165) is 10.2 Å².